The molecule has 0 saturated carbocycles. The molecule has 0 unspecified atom stereocenters. The van der Waals surface area contributed by atoms with Gasteiger partial charge >= 0.3 is 94.8 Å². The average Bonchev–Trinajstić information content (AvgIpc) is 2.27. The van der Waals surface area contributed by atoms with Crippen molar-refractivity contribution in [3.05, 3.63) is 0 Å². The largest absolute Gasteiger partial charge is 0 e. The summed E-state index contributed by atoms with van der Waals surface area (Å²) in [7, 11) is 0. The van der Waals surface area contributed by atoms with Crippen LogP contribution in [0.25, 0.3) is 0 Å². The number of carbonyl (C=O) groups excluding carboxylic acids is 1. The van der Waals surface area contributed by atoms with Crippen LogP contribution in [0, 0.1) is 0 Å². The molecule has 0 fully saturated rings. The molecule has 0 aromatic rings. The normalized spacial score (nSPS) is 9.76. The zero-order valence-electron chi connectivity index (χ0n) is 10.8. The van der Waals surface area contributed by atoms with Crippen molar-refractivity contribution in [1.29, 1.82) is 0 Å². The molecule has 0 heterocycles. The maximum atomic E-state index is 11.0. The maximum absolute atomic E-state index is 11.0. The van der Waals surface area contributed by atoms with E-state index < -0.39 is 0 Å². The van der Waals surface area contributed by atoms with E-state index in [0.29, 0.717) is 13.0 Å². The molecule has 2 nitrogen and oxygen atoms in total. The number of hydrogen-bond acceptors (Lipinski definition) is 2. The molecule has 106 valence electrons. The smallest absolute Gasteiger partial charge is 0 e. The Labute approximate surface area is 130 Å². The molecule has 0 amide bonds. The van der Waals surface area contributed by atoms with E-state index in [1.54, 1.807) is 0 Å². The first-order chi connectivity index (χ1) is 7.81. The van der Waals surface area contributed by atoms with Crippen molar-refractivity contribution in [2.45, 2.75) is 70.0 Å². The third-order valence-electron chi connectivity index (χ3n) is 2.57. The van der Waals surface area contributed by atoms with Crippen LogP contribution in [-0.2, 0) is 31.9 Å². The van der Waals surface area contributed by atoms with E-state index >= 15 is 0 Å². The third-order valence-corrected chi connectivity index (χ3v) is 3.00. The van der Waals surface area contributed by atoms with Gasteiger partial charge in [0.1, 0.15) is 0 Å². The topological polar surface area (TPSA) is 26.3 Å². The first kappa shape index (κ1) is 20.1. The van der Waals surface area contributed by atoms with Crippen LogP contribution < -0.4 is 0 Å². The van der Waals surface area contributed by atoms with E-state index in [0.717, 1.165) is 11.7 Å². The number of rotatable bonds is 11. The summed E-state index contributed by atoms with van der Waals surface area (Å²) in [5, 5.41) is 0.760. The van der Waals surface area contributed by atoms with Gasteiger partial charge in [-0.15, -0.1) is 0 Å². The molecule has 17 heavy (non-hydrogen) atoms. The molecule has 0 aliphatic heterocycles. The van der Waals surface area contributed by atoms with Crippen molar-refractivity contribution in [3.63, 3.8) is 0 Å². The van der Waals surface area contributed by atoms with Crippen molar-refractivity contribution in [1.82, 2.24) is 0 Å². The van der Waals surface area contributed by atoms with Crippen molar-refractivity contribution in [2.24, 2.45) is 0 Å². The monoisotopic (exact) mass is 490 g/mol. The Hall–Kier alpha value is 0.730. The Morgan fingerprint density at radius 3 is 2.06 bits per heavy atom. The van der Waals surface area contributed by atoms with E-state index in [1.807, 2.05) is 0 Å². The predicted octanol–water partition coefficient (Wildman–Crippen LogP) is 3.64. The van der Waals surface area contributed by atoms with Gasteiger partial charge in [-0.2, -0.15) is 0 Å². The van der Waals surface area contributed by atoms with E-state index in [2.05, 4.69) is 22.9 Å². The molecule has 0 aromatic carbocycles. The van der Waals surface area contributed by atoms with Crippen LogP contribution in [0.15, 0.2) is 0 Å². The first-order valence-corrected chi connectivity index (χ1v) is 7.76. The van der Waals surface area contributed by atoms with Crippen molar-refractivity contribution >= 4 is 22.0 Å². The molecule has 0 spiro atoms. The Kier molecular flexibility index (Phi) is 19.7. The van der Waals surface area contributed by atoms with Crippen LogP contribution in [0.1, 0.15) is 64.7 Å². The Morgan fingerprint density at radius 1 is 1.00 bits per heavy atom. The molecule has 0 saturated heterocycles. The van der Waals surface area contributed by atoms with Gasteiger partial charge in [0.25, 0.3) is 0 Å². The van der Waals surface area contributed by atoms with Crippen LogP contribution in [0.3, 0.4) is 0 Å². The fourth-order valence-corrected chi connectivity index (χ4v) is 1.93. The summed E-state index contributed by atoms with van der Waals surface area (Å²) in [4.78, 5) is 11.0. The molecular formula is C13H25AuO2Se. The summed E-state index contributed by atoms with van der Waals surface area (Å²) in [6, 6.07) is 0. The second-order valence-corrected chi connectivity index (χ2v) is 5.01. The summed E-state index contributed by atoms with van der Waals surface area (Å²) in [6.45, 7) is 2.84. The van der Waals surface area contributed by atoms with E-state index in [9.17, 15) is 4.79 Å². The Morgan fingerprint density at radius 2 is 1.53 bits per heavy atom. The molecule has 0 rings (SSSR count). The SMILES string of the molecule is CCCCCCCCCCOC(=O)CC[Se].[Au]. The third kappa shape index (κ3) is 16.7. The van der Waals surface area contributed by atoms with E-state index in [1.165, 1.54) is 44.9 Å². The quantitative estimate of drug-likeness (QED) is 0.252. The van der Waals surface area contributed by atoms with Gasteiger partial charge in [0.05, 0.1) is 0 Å². The summed E-state index contributed by atoms with van der Waals surface area (Å²) in [6.07, 6.45) is 10.7. The van der Waals surface area contributed by atoms with Gasteiger partial charge in [-0.1, -0.05) is 13.3 Å². The minimum absolute atomic E-state index is 0. The molecule has 0 bridgehead atoms. The van der Waals surface area contributed by atoms with Crippen molar-refractivity contribution in [2.75, 3.05) is 6.61 Å². The molecule has 4 heteroatoms. The summed E-state index contributed by atoms with van der Waals surface area (Å²) >= 11 is 2.81. The molecule has 0 atom stereocenters. The van der Waals surface area contributed by atoms with Crippen LogP contribution in [0.4, 0.5) is 0 Å². The fourth-order valence-electron chi connectivity index (χ4n) is 1.58. The minimum Gasteiger partial charge on any atom is 0 e. The number of ether oxygens (including phenoxy) is 1. The zero-order chi connectivity index (χ0) is 12.1. The molecule has 0 N–H and O–H groups in total. The molecule has 0 aliphatic rings. The van der Waals surface area contributed by atoms with Gasteiger partial charge in [-0.05, 0) is 0 Å². The number of hydrogen-bond donors (Lipinski definition) is 0. The molecule has 2 radical (unpaired) electrons. The van der Waals surface area contributed by atoms with Gasteiger partial charge < -0.3 is 0 Å². The molecule has 0 aliphatic carbocycles. The first-order valence-electron chi connectivity index (χ1n) is 6.55. The second-order valence-electron chi connectivity index (χ2n) is 4.15. The Bertz CT molecular complexity index is 165. The van der Waals surface area contributed by atoms with Gasteiger partial charge in [0.2, 0.25) is 0 Å². The van der Waals surface area contributed by atoms with Crippen molar-refractivity contribution < 1.29 is 31.9 Å². The zero-order valence-corrected chi connectivity index (χ0v) is 14.7. The van der Waals surface area contributed by atoms with Gasteiger partial charge in [0.15, 0.2) is 0 Å². The summed E-state index contributed by atoms with van der Waals surface area (Å²) in [5.74, 6) is -0.0679. The van der Waals surface area contributed by atoms with Crippen molar-refractivity contribution in [3.8, 4) is 0 Å². The molecule has 0 aromatic heterocycles. The number of carbonyl (C=O) groups is 1. The summed E-state index contributed by atoms with van der Waals surface area (Å²) in [5.41, 5.74) is 0. The van der Waals surface area contributed by atoms with Crippen LogP contribution in [0.2, 0.25) is 5.32 Å². The van der Waals surface area contributed by atoms with Gasteiger partial charge in [0, 0.05) is 22.4 Å². The van der Waals surface area contributed by atoms with E-state index in [4.69, 9.17) is 4.74 Å². The standard InChI is InChI=1S/C13H25O2Se.Au/c1-2-3-4-5-6-7-8-9-11-15-13(14)10-12-16;/h2-12H2,1H3;. The predicted molar refractivity (Wildman–Crippen MR) is 68.7 cm³/mol. The fraction of sp³-hybridized carbons (Fsp3) is 0.923. The average molecular weight is 489 g/mol. The Balaban J connectivity index is 0. The van der Waals surface area contributed by atoms with Crippen LogP contribution in [-0.4, -0.2) is 28.6 Å². The second kappa shape index (κ2) is 16.7. The number of esters is 1. The van der Waals surface area contributed by atoms with E-state index in [-0.39, 0.29) is 28.3 Å². The maximum Gasteiger partial charge on any atom is 0 e. The number of unbranched alkanes of at least 4 members (excludes halogenated alkanes) is 7. The summed E-state index contributed by atoms with van der Waals surface area (Å²) < 4.78 is 5.07. The van der Waals surface area contributed by atoms with Crippen LogP contribution in [0.5, 0.6) is 0 Å². The molecular weight excluding hydrogens is 464 g/mol. The van der Waals surface area contributed by atoms with Gasteiger partial charge in [-0.3, -0.25) is 0 Å². The minimum atomic E-state index is -0.0679. The van der Waals surface area contributed by atoms with Gasteiger partial charge in [-0.25, -0.2) is 0 Å². The van der Waals surface area contributed by atoms with Crippen LogP contribution >= 0.6 is 0 Å².